The van der Waals surface area contributed by atoms with Gasteiger partial charge in [-0.25, -0.2) is 12.8 Å². The van der Waals surface area contributed by atoms with Crippen molar-refractivity contribution in [3.8, 4) is 0 Å². The molecule has 25 heavy (non-hydrogen) atoms. The van der Waals surface area contributed by atoms with Gasteiger partial charge in [0, 0.05) is 31.2 Å². The standard InChI is InChI=1S/C15H20ClFN2O5S/c1-25(22,23)19(10-15(20)21)9-13-8-18(4-5-24-13)7-11-2-3-12(17)6-14(11)16/h2-3,6,13H,4-5,7-10H2,1H3,(H,20,21). The summed E-state index contributed by atoms with van der Waals surface area (Å²) >= 11 is 6.04. The molecule has 0 amide bonds. The van der Waals surface area contributed by atoms with Gasteiger partial charge in [0.2, 0.25) is 10.0 Å². The van der Waals surface area contributed by atoms with Crippen LogP contribution in [-0.4, -0.2) is 73.8 Å². The van der Waals surface area contributed by atoms with Crippen LogP contribution in [0.5, 0.6) is 0 Å². The van der Waals surface area contributed by atoms with Crippen LogP contribution in [0.4, 0.5) is 4.39 Å². The van der Waals surface area contributed by atoms with Gasteiger partial charge in [0.1, 0.15) is 12.4 Å². The van der Waals surface area contributed by atoms with E-state index in [-0.39, 0.29) is 6.54 Å². The number of hydrogen-bond donors (Lipinski definition) is 1. The normalized spacial score (nSPS) is 19.3. The zero-order valence-electron chi connectivity index (χ0n) is 13.7. The van der Waals surface area contributed by atoms with E-state index in [1.165, 1.54) is 12.1 Å². The maximum Gasteiger partial charge on any atom is 0.318 e. The highest BCUT2D eigenvalue weighted by Crippen LogP contribution is 2.20. The first kappa shape index (κ1) is 20.1. The van der Waals surface area contributed by atoms with Crippen LogP contribution in [0.1, 0.15) is 5.56 Å². The van der Waals surface area contributed by atoms with Crippen LogP contribution < -0.4 is 0 Å². The maximum absolute atomic E-state index is 13.1. The van der Waals surface area contributed by atoms with Gasteiger partial charge in [0.25, 0.3) is 0 Å². The molecule has 1 unspecified atom stereocenters. The second-order valence-corrected chi connectivity index (χ2v) is 8.30. The fraction of sp³-hybridized carbons (Fsp3) is 0.533. The summed E-state index contributed by atoms with van der Waals surface area (Å²) in [6.45, 7) is 1.23. The van der Waals surface area contributed by atoms with E-state index in [0.717, 1.165) is 16.1 Å². The monoisotopic (exact) mass is 394 g/mol. The van der Waals surface area contributed by atoms with Gasteiger partial charge in [-0.3, -0.25) is 9.69 Å². The number of morpholine rings is 1. The highest BCUT2D eigenvalue weighted by atomic mass is 35.5. The molecular weight excluding hydrogens is 375 g/mol. The molecule has 1 fully saturated rings. The topological polar surface area (TPSA) is 87.2 Å². The second-order valence-electron chi connectivity index (χ2n) is 5.91. The number of carbonyl (C=O) groups is 1. The van der Waals surface area contributed by atoms with Crippen molar-refractivity contribution in [2.75, 3.05) is 39.0 Å². The number of aliphatic carboxylic acids is 1. The van der Waals surface area contributed by atoms with Crippen LogP contribution in [0.2, 0.25) is 5.02 Å². The summed E-state index contributed by atoms with van der Waals surface area (Å²) in [4.78, 5) is 12.9. The van der Waals surface area contributed by atoms with Gasteiger partial charge in [0.05, 0.1) is 19.0 Å². The number of halogens is 2. The Hall–Kier alpha value is -1.26. The van der Waals surface area contributed by atoms with Gasteiger partial charge in [-0.15, -0.1) is 0 Å². The van der Waals surface area contributed by atoms with E-state index >= 15 is 0 Å². The molecule has 0 radical (unpaired) electrons. The van der Waals surface area contributed by atoms with Crippen molar-refractivity contribution in [1.82, 2.24) is 9.21 Å². The molecule has 0 aliphatic carbocycles. The minimum absolute atomic E-state index is 0.0429. The largest absolute Gasteiger partial charge is 0.480 e. The van der Waals surface area contributed by atoms with Crippen LogP contribution in [0.25, 0.3) is 0 Å². The van der Waals surface area contributed by atoms with E-state index in [4.69, 9.17) is 21.4 Å². The minimum Gasteiger partial charge on any atom is -0.480 e. The molecule has 0 aromatic heterocycles. The summed E-state index contributed by atoms with van der Waals surface area (Å²) in [7, 11) is -3.66. The Kier molecular flexibility index (Phi) is 6.75. The summed E-state index contributed by atoms with van der Waals surface area (Å²) in [5.41, 5.74) is 0.759. The Morgan fingerprint density at radius 2 is 2.24 bits per heavy atom. The van der Waals surface area contributed by atoms with Crippen molar-refractivity contribution < 1.29 is 27.4 Å². The lowest BCUT2D eigenvalue weighted by atomic mass is 10.2. The van der Waals surface area contributed by atoms with Gasteiger partial charge >= 0.3 is 5.97 Å². The van der Waals surface area contributed by atoms with Gasteiger partial charge in [0.15, 0.2) is 0 Å². The fourth-order valence-electron chi connectivity index (χ4n) is 2.62. The van der Waals surface area contributed by atoms with E-state index in [1.54, 1.807) is 6.07 Å². The molecular formula is C15H20ClFN2O5S. The highest BCUT2D eigenvalue weighted by Gasteiger charge is 2.28. The average Bonchev–Trinajstić information content (AvgIpc) is 2.48. The molecule has 2 rings (SSSR count). The van der Waals surface area contributed by atoms with Crippen LogP contribution in [-0.2, 0) is 26.1 Å². The van der Waals surface area contributed by atoms with Gasteiger partial charge < -0.3 is 9.84 Å². The predicted molar refractivity (Wildman–Crippen MR) is 90.5 cm³/mol. The molecule has 1 heterocycles. The molecule has 0 saturated carbocycles. The van der Waals surface area contributed by atoms with Gasteiger partial charge in [-0.05, 0) is 17.7 Å². The van der Waals surface area contributed by atoms with E-state index in [2.05, 4.69) is 0 Å². The minimum atomic E-state index is -3.66. The lowest BCUT2D eigenvalue weighted by molar-refractivity contribution is -0.137. The first-order valence-corrected chi connectivity index (χ1v) is 9.82. The molecule has 1 aromatic carbocycles. The number of rotatable bonds is 7. The van der Waals surface area contributed by atoms with Crippen molar-refractivity contribution in [2.45, 2.75) is 12.6 Å². The SMILES string of the molecule is CS(=O)(=O)N(CC(=O)O)CC1CN(Cc2ccc(F)cc2Cl)CCO1. The number of carboxylic acids is 1. The zero-order chi connectivity index (χ0) is 18.6. The lowest BCUT2D eigenvalue weighted by Gasteiger charge is -2.35. The summed E-state index contributed by atoms with van der Waals surface area (Å²) in [6, 6.07) is 4.18. The second kappa shape index (κ2) is 8.41. The van der Waals surface area contributed by atoms with E-state index in [9.17, 15) is 17.6 Å². The number of sulfonamides is 1. The van der Waals surface area contributed by atoms with E-state index < -0.39 is 34.5 Å². The van der Waals surface area contributed by atoms with E-state index in [1.807, 2.05) is 4.90 Å². The Labute approximate surface area is 151 Å². The molecule has 140 valence electrons. The van der Waals surface area contributed by atoms with Crippen LogP contribution in [0.3, 0.4) is 0 Å². The molecule has 1 aromatic rings. The smallest absolute Gasteiger partial charge is 0.318 e. The van der Waals surface area contributed by atoms with Crippen molar-refractivity contribution >= 4 is 27.6 Å². The number of ether oxygens (including phenoxy) is 1. The molecule has 1 N–H and O–H groups in total. The number of hydrogen-bond acceptors (Lipinski definition) is 5. The Morgan fingerprint density at radius 1 is 1.52 bits per heavy atom. The molecule has 1 atom stereocenters. The van der Waals surface area contributed by atoms with E-state index in [0.29, 0.717) is 31.3 Å². The number of carboxylic acid groups (broad SMARTS) is 1. The number of benzene rings is 1. The third-order valence-corrected chi connectivity index (χ3v) is 5.39. The summed E-state index contributed by atoms with van der Waals surface area (Å²) in [6.07, 6.45) is 0.511. The van der Waals surface area contributed by atoms with Crippen LogP contribution in [0.15, 0.2) is 18.2 Å². The Balaban J connectivity index is 2.01. The van der Waals surface area contributed by atoms with Crippen LogP contribution >= 0.6 is 11.6 Å². The molecule has 10 heteroatoms. The molecule has 1 aliphatic heterocycles. The molecule has 0 spiro atoms. The van der Waals surface area contributed by atoms with Crippen LogP contribution in [0, 0.1) is 5.82 Å². The quantitative estimate of drug-likeness (QED) is 0.743. The summed E-state index contributed by atoms with van der Waals surface area (Å²) in [5, 5.41) is 9.20. The third kappa shape index (κ3) is 6.19. The first-order valence-electron chi connectivity index (χ1n) is 7.60. The lowest BCUT2D eigenvalue weighted by Crippen LogP contribution is -2.49. The molecule has 1 aliphatic rings. The third-order valence-electron chi connectivity index (χ3n) is 3.82. The average molecular weight is 395 g/mol. The molecule has 1 saturated heterocycles. The van der Waals surface area contributed by atoms with Gasteiger partial charge in [-0.2, -0.15) is 4.31 Å². The predicted octanol–water partition coefficient (Wildman–Crippen LogP) is 1.03. The van der Waals surface area contributed by atoms with Crippen molar-refractivity contribution in [3.05, 3.63) is 34.6 Å². The fourth-order valence-corrected chi connectivity index (χ4v) is 3.63. The van der Waals surface area contributed by atoms with Crippen molar-refractivity contribution in [3.63, 3.8) is 0 Å². The highest BCUT2D eigenvalue weighted by molar-refractivity contribution is 7.88. The molecule has 7 nitrogen and oxygen atoms in total. The molecule has 0 bridgehead atoms. The number of nitrogens with zero attached hydrogens (tertiary/aromatic N) is 2. The summed E-state index contributed by atoms with van der Waals surface area (Å²) in [5.74, 6) is -1.64. The van der Waals surface area contributed by atoms with Crippen molar-refractivity contribution in [2.24, 2.45) is 0 Å². The maximum atomic E-state index is 13.1. The summed E-state index contributed by atoms with van der Waals surface area (Å²) < 4.78 is 43.0. The van der Waals surface area contributed by atoms with Crippen molar-refractivity contribution in [1.29, 1.82) is 0 Å². The zero-order valence-corrected chi connectivity index (χ0v) is 15.3. The van der Waals surface area contributed by atoms with Gasteiger partial charge in [-0.1, -0.05) is 17.7 Å². The first-order chi connectivity index (χ1) is 11.6. The Morgan fingerprint density at radius 3 is 2.84 bits per heavy atom. The Bertz CT molecular complexity index is 731.